The summed E-state index contributed by atoms with van der Waals surface area (Å²) in [6.07, 6.45) is 0. The first kappa shape index (κ1) is 17.8. The number of carbonyl (C=O) groups is 1. The zero-order chi connectivity index (χ0) is 17.4. The van der Waals surface area contributed by atoms with Crippen LogP contribution >= 0.6 is 12.2 Å². The highest BCUT2D eigenvalue weighted by molar-refractivity contribution is 7.80. The Hall–Kier alpha value is -2.51. The van der Waals surface area contributed by atoms with Gasteiger partial charge in [-0.1, -0.05) is 24.3 Å². The molecule has 0 atom stereocenters. The van der Waals surface area contributed by atoms with E-state index in [2.05, 4.69) is 16.2 Å². The van der Waals surface area contributed by atoms with Gasteiger partial charge in [0.15, 0.2) is 5.11 Å². The third-order valence-electron chi connectivity index (χ3n) is 3.16. The highest BCUT2D eigenvalue weighted by atomic mass is 32.1. The average molecular weight is 347 g/mol. The molecule has 126 valence electrons. The molecular weight excluding hydrogens is 329 g/mol. The molecule has 2 rings (SSSR count). The van der Waals surface area contributed by atoms with E-state index in [1.807, 2.05) is 6.07 Å². The van der Waals surface area contributed by atoms with Gasteiger partial charge in [-0.25, -0.2) is 4.39 Å². The summed E-state index contributed by atoms with van der Waals surface area (Å²) in [7, 11) is 1.60. The molecule has 0 aliphatic rings. The Labute approximate surface area is 145 Å². The van der Waals surface area contributed by atoms with E-state index >= 15 is 0 Å². The Kier molecular flexibility index (Phi) is 6.65. The van der Waals surface area contributed by atoms with Crippen molar-refractivity contribution < 1.29 is 13.9 Å². The van der Waals surface area contributed by atoms with E-state index in [0.29, 0.717) is 18.7 Å². The van der Waals surface area contributed by atoms with Gasteiger partial charge in [0.1, 0.15) is 5.82 Å². The summed E-state index contributed by atoms with van der Waals surface area (Å²) in [5.74, 6) is -0.596. The lowest BCUT2D eigenvalue weighted by atomic mass is 10.1. The topological polar surface area (TPSA) is 62.4 Å². The van der Waals surface area contributed by atoms with Gasteiger partial charge >= 0.3 is 0 Å². The Morgan fingerprint density at radius 1 is 1.12 bits per heavy atom. The van der Waals surface area contributed by atoms with Gasteiger partial charge in [0, 0.05) is 19.2 Å². The van der Waals surface area contributed by atoms with Crippen molar-refractivity contribution in [2.75, 3.05) is 7.11 Å². The lowest BCUT2D eigenvalue weighted by molar-refractivity contribution is 0.0943. The minimum atomic E-state index is -0.307. The Balaban J connectivity index is 1.79. The first-order valence-corrected chi connectivity index (χ1v) is 7.66. The predicted octanol–water partition coefficient (Wildman–Crippen LogP) is 2.28. The third kappa shape index (κ3) is 5.60. The molecule has 3 N–H and O–H groups in total. The number of thiocarbonyl (C=S) groups is 1. The molecule has 1 amide bonds. The summed E-state index contributed by atoms with van der Waals surface area (Å²) in [6.45, 7) is 0.859. The Morgan fingerprint density at radius 2 is 1.88 bits per heavy atom. The molecule has 0 fully saturated rings. The Morgan fingerprint density at radius 3 is 2.58 bits per heavy atom. The molecule has 5 nitrogen and oxygen atoms in total. The molecule has 0 spiro atoms. The van der Waals surface area contributed by atoms with Crippen molar-refractivity contribution >= 4 is 23.2 Å². The van der Waals surface area contributed by atoms with Crippen molar-refractivity contribution in [2.24, 2.45) is 0 Å². The second-order valence-electron chi connectivity index (χ2n) is 5.02. The van der Waals surface area contributed by atoms with Crippen LogP contribution in [0.15, 0.2) is 48.5 Å². The molecule has 24 heavy (non-hydrogen) atoms. The third-order valence-corrected chi connectivity index (χ3v) is 3.40. The van der Waals surface area contributed by atoms with Gasteiger partial charge in [-0.2, -0.15) is 0 Å². The van der Waals surface area contributed by atoms with Crippen LogP contribution in [0.25, 0.3) is 0 Å². The first-order valence-electron chi connectivity index (χ1n) is 7.25. The first-order chi connectivity index (χ1) is 11.6. The van der Waals surface area contributed by atoms with Gasteiger partial charge in [-0.05, 0) is 47.6 Å². The van der Waals surface area contributed by atoms with Crippen LogP contribution in [0.4, 0.5) is 4.39 Å². The van der Waals surface area contributed by atoms with Crippen molar-refractivity contribution in [2.45, 2.75) is 13.2 Å². The average Bonchev–Trinajstić information content (AvgIpc) is 2.59. The van der Waals surface area contributed by atoms with Gasteiger partial charge < -0.3 is 10.1 Å². The van der Waals surface area contributed by atoms with E-state index in [0.717, 1.165) is 11.1 Å². The van der Waals surface area contributed by atoms with Gasteiger partial charge in [0.25, 0.3) is 5.91 Å². The van der Waals surface area contributed by atoms with E-state index < -0.39 is 0 Å². The van der Waals surface area contributed by atoms with Crippen LogP contribution in [0.3, 0.4) is 0 Å². The van der Waals surface area contributed by atoms with Gasteiger partial charge in [-0.3, -0.25) is 15.6 Å². The monoisotopic (exact) mass is 347 g/mol. The number of methoxy groups -OCH3 is 1. The van der Waals surface area contributed by atoms with Crippen LogP contribution in [0, 0.1) is 5.82 Å². The fourth-order valence-corrected chi connectivity index (χ4v) is 2.11. The molecular formula is C17H18FN3O2S. The summed E-state index contributed by atoms with van der Waals surface area (Å²) in [4.78, 5) is 12.1. The van der Waals surface area contributed by atoms with Crippen molar-refractivity contribution in [1.82, 2.24) is 16.2 Å². The predicted molar refractivity (Wildman–Crippen MR) is 93.6 cm³/mol. The van der Waals surface area contributed by atoms with Crippen molar-refractivity contribution in [3.05, 3.63) is 71.0 Å². The zero-order valence-corrected chi connectivity index (χ0v) is 14.0. The van der Waals surface area contributed by atoms with Crippen molar-refractivity contribution in [3.8, 4) is 0 Å². The summed E-state index contributed by atoms with van der Waals surface area (Å²) < 4.78 is 17.9. The fourth-order valence-electron chi connectivity index (χ4n) is 1.98. The second kappa shape index (κ2) is 8.95. The number of nitrogens with one attached hydrogen (secondary N) is 3. The van der Waals surface area contributed by atoms with E-state index in [4.69, 9.17) is 17.0 Å². The van der Waals surface area contributed by atoms with Crippen LogP contribution in [0.1, 0.15) is 21.5 Å². The van der Waals surface area contributed by atoms with E-state index in [1.165, 1.54) is 12.1 Å². The number of ether oxygens (including phenoxy) is 1. The molecule has 0 aromatic heterocycles. The minimum Gasteiger partial charge on any atom is -0.380 e. The number of hydrazine groups is 1. The molecule has 0 saturated carbocycles. The summed E-state index contributed by atoms with van der Waals surface area (Å²) in [5.41, 5.74) is 7.43. The smallest absolute Gasteiger partial charge is 0.269 e. The molecule has 0 saturated heterocycles. The standard InChI is InChI=1S/C17H18FN3O2S/c1-23-11-13-3-2-4-14(9-13)16(22)20-21-17(24)19-10-12-5-7-15(18)8-6-12/h2-9H,10-11H2,1H3,(H,20,22)(H2,19,21,24). The largest absolute Gasteiger partial charge is 0.380 e. The molecule has 2 aromatic rings. The highest BCUT2D eigenvalue weighted by Crippen LogP contribution is 2.06. The molecule has 0 heterocycles. The second-order valence-corrected chi connectivity index (χ2v) is 5.43. The number of amides is 1. The van der Waals surface area contributed by atoms with Gasteiger partial charge in [-0.15, -0.1) is 0 Å². The van der Waals surface area contributed by atoms with Crippen LogP contribution in [-0.2, 0) is 17.9 Å². The number of halogens is 1. The summed E-state index contributed by atoms with van der Waals surface area (Å²) in [6, 6.07) is 13.2. The molecule has 0 aliphatic carbocycles. The summed E-state index contributed by atoms with van der Waals surface area (Å²) >= 11 is 5.08. The zero-order valence-electron chi connectivity index (χ0n) is 13.1. The molecule has 0 aliphatic heterocycles. The molecule has 2 aromatic carbocycles. The molecule has 7 heteroatoms. The number of rotatable bonds is 5. The number of benzene rings is 2. The minimum absolute atomic E-state index is 0.265. The van der Waals surface area contributed by atoms with Gasteiger partial charge in [0.05, 0.1) is 6.61 Å². The molecule has 0 unspecified atom stereocenters. The van der Waals surface area contributed by atoms with E-state index in [9.17, 15) is 9.18 Å². The maximum absolute atomic E-state index is 12.8. The van der Waals surface area contributed by atoms with E-state index in [-0.39, 0.29) is 16.8 Å². The lowest BCUT2D eigenvalue weighted by Crippen LogP contribution is -2.46. The maximum Gasteiger partial charge on any atom is 0.269 e. The maximum atomic E-state index is 12.8. The fraction of sp³-hybridized carbons (Fsp3) is 0.176. The number of hydrogen-bond acceptors (Lipinski definition) is 3. The van der Waals surface area contributed by atoms with Crippen LogP contribution < -0.4 is 16.2 Å². The Bertz CT molecular complexity index is 707. The summed E-state index contributed by atoms with van der Waals surface area (Å²) in [5, 5.41) is 3.18. The van der Waals surface area contributed by atoms with Crippen LogP contribution in [0.5, 0.6) is 0 Å². The SMILES string of the molecule is COCc1cccc(C(=O)NNC(=S)NCc2ccc(F)cc2)c1. The lowest BCUT2D eigenvalue weighted by Gasteiger charge is -2.12. The van der Waals surface area contributed by atoms with Crippen LogP contribution in [0.2, 0.25) is 0 Å². The number of carbonyl (C=O) groups excluding carboxylic acids is 1. The highest BCUT2D eigenvalue weighted by Gasteiger charge is 2.06. The van der Waals surface area contributed by atoms with E-state index in [1.54, 1.807) is 37.4 Å². The van der Waals surface area contributed by atoms with Crippen LogP contribution in [-0.4, -0.2) is 18.1 Å². The molecule has 0 bridgehead atoms. The number of hydrogen-bond donors (Lipinski definition) is 3. The molecule has 0 radical (unpaired) electrons. The normalized spacial score (nSPS) is 10.1. The van der Waals surface area contributed by atoms with Crippen molar-refractivity contribution in [3.63, 3.8) is 0 Å². The quantitative estimate of drug-likeness (QED) is 0.572. The van der Waals surface area contributed by atoms with Crippen molar-refractivity contribution in [1.29, 1.82) is 0 Å². The van der Waals surface area contributed by atoms with Gasteiger partial charge in [0.2, 0.25) is 0 Å².